The van der Waals surface area contributed by atoms with Crippen LogP contribution in [0.25, 0.3) is 10.9 Å². The van der Waals surface area contributed by atoms with E-state index in [-0.39, 0.29) is 18.0 Å². The van der Waals surface area contributed by atoms with Crippen molar-refractivity contribution < 1.29 is 14.7 Å². The van der Waals surface area contributed by atoms with Crippen molar-refractivity contribution in [2.75, 3.05) is 0 Å². The number of fused-ring (bicyclic) bond motifs is 1. The van der Waals surface area contributed by atoms with E-state index in [1.807, 2.05) is 19.3 Å². The van der Waals surface area contributed by atoms with Crippen LogP contribution in [0.1, 0.15) is 51.0 Å². The predicted molar refractivity (Wildman–Crippen MR) is 110 cm³/mol. The number of unbranched alkanes of at least 4 members (excludes halogenated alkanes) is 1. The summed E-state index contributed by atoms with van der Waals surface area (Å²) >= 11 is 0. The molecule has 0 unspecified atom stereocenters. The maximum absolute atomic E-state index is 12.9. The third-order valence-electron chi connectivity index (χ3n) is 5.84. The summed E-state index contributed by atoms with van der Waals surface area (Å²) < 4.78 is 2.10. The molecule has 2 aromatic rings. The summed E-state index contributed by atoms with van der Waals surface area (Å²) in [6, 6.07) is 7.73. The Bertz CT molecular complexity index is 830. The van der Waals surface area contributed by atoms with Gasteiger partial charge in [0.05, 0.1) is 17.5 Å². The van der Waals surface area contributed by atoms with E-state index in [2.05, 4.69) is 40.3 Å². The zero-order chi connectivity index (χ0) is 20.1. The highest BCUT2D eigenvalue weighted by Crippen LogP contribution is 2.26. The lowest BCUT2D eigenvalue weighted by atomic mass is 10.0. The molecule has 1 fully saturated rings. The quantitative estimate of drug-likeness (QED) is 0.619. The van der Waals surface area contributed by atoms with Gasteiger partial charge in [0.1, 0.15) is 0 Å². The molecule has 1 aliphatic carbocycles. The fourth-order valence-electron chi connectivity index (χ4n) is 4.26. The van der Waals surface area contributed by atoms with Crippen LogP contribution in [0, 0.1) is 5.92 Å². The van der Waals surface area contributed by atoms with Gasteiger partial charge in [0.25, 0.3) is 0 Å². The molecule has 0 radical (unpaired) electrons. The molecular weight excluding hydrogens is 354 g/mol. The molecule has 6 heteroatoms. The lowest BCUT2D eigenvalue weighted by Crippen LogP contribution is -2.49. The number of nitrogens with one attached hydrogen (secondary N) is 2. The number of hydrogen-bond acceptors (Lipinski definition) is 3. The molecule has 1 aromatic heterocycles. The first-order valence-electron chi connectivity index (χ1n) is 10.3. The van der Waals surface area contributed by atoms with Gasteiger partial charge in [-0.2, -0.15) is 0 Å². The van der Waals surface area contributed by atoms with Crippen LogP contribution in [-0.4, -0.2) is 33.6 Å². The van der Waals surface area contributed by atoms with E-state index < -0.39 is 11.9 Å². The normalized spacial score (nSPS) is 20.4. The highest BCUT2D eigenvalue weighted by Gasteiger charge is 2.35. The first kappa shape index (κ1) is 20.4. The van der Waals surface area contributed by atoms with E-state index >= 15 is 0 Å². The molecule has 1 saturated carbocycles. The largest absolute Gasteiger partial charge is 0.481 e. The second kappa shape index (κ2) is 9.24. The van der Waals surface area contributed by atoms with Gasteiger partial charge in [-0.25, -0.2) is 0 Å². The highest BCUT2D eigenvalue weighted by atomic mass is 16.4. The molecule has 152 valence electrons. The molecular formula is C22H31N3O3. The van der Waals surface area contributed by atoms with E-state index in [1.54, 1.807) is 0 Å². The molecule has 0 aliphatic heterocycles. The van der Waals surface area contributed by atoms with Crippen LogP contribution < -0.4 is 10.6 Å². The number of benzene rings is 1. The maximum Gasteiger partial charge on any atom is 0.308 e. The van der Waals surface area contributed by atoms with Gasteiger partial charge >= 0.3 is 5.97 Å². The van der Waals surface area contributed by atoms with Crippen LogP contribution >= 0.6 is 0 Å². The Morgan fingerprint density at radius 3 is 2.86 bits per heavy atom. The number of para-hydroxylation sites is 1. The molecule has 1 aromatic carbocycles. The number of aryl methyl sites for hydroxylation is 1. The number of aliphatic carboxylic acids is 1. The fraction of sp³-hybridized carbons (Fsp3) is 0.545. The summed E-state index contributed by atoms with van der Waals surface area (Å²) in [6.07, 6.45) is 6.99. The van der Waals surface area contributed by atoms with Gasteiger partial charge < -0.3 is 20.3 Å². The van der Waals surface area contributed by atoms with E-state index in [1.165, 1.54) is 10.9 Å². The van der Waals surface area contributed by atoms with Gasteiger partial charge in [-0.05, 0) is 36.3 Å². The second-order valence-corrected chi connectivity index (χ2v) is 7.85. The molecule has 1 amide bonds. The smallest absolute Gasteiger partial charge is 0.308 e. The number of carbonyl (C=O) groups excluding carboxylic acids is 1. The minimum atomic E-state index is -0.809. The average molecular weight is 386 g/mol. The predicted octanol–water partition coefficient (Wildman–Crippen LogP) is 3.20. The lowest BCUT2D eigenvalue weighted by molar-refractivity contribution is -0.142. The van der Waals surface area contributed by atoms with Crippen molar-refractivity contribution in [2.24, 2.45) is 13.0 Å². The summed E-state index contributed by atoms with van der Waals surface area (Å²) in [4.78, 5) is 24.3. The number of amides is 1. The fourth-order valence-corrected chi connectivity index (χ4v) is 4.26. The van der Waals surface area contributed by atoms with Crippen molar-refractivity contribution in [3.8, 4) is 0 Å². The van der Waals surface area contributed by atoms with Crippen molar-refractivity contribution in [1.82, 2.24) is 15.2 Å². The van der Waals surface area contributed by atoms with E-state index in [0.29, 0.717) is 13.0 Å². The number of rotatable bonds is 9. The van der Waals surface area contributed by atoms with Gasteiger partial charge in [0.2, 0.25) is 5.91 Å². The van der Waals surface area contributed by atoms with Gasteiger partial charge in [-0.1, -0.05) is 44.4 Å². The molecule has 0 spiro atoms. The second-order valence-electron chi connectivity index (χ2n) is 7.85. The van der Waals surface area contributed by atoms with Crippen molar-refractivity contribution in [3.63, 3.8) is 0 Å². The van der Waals surface area contributed by atoms with Crippen LogP contribution in [0.15, 0.2) is 30.5 Å². The van der Waals surface area contributed by atoms with Gasteiger partial charge in [0.15, 0.2) is 0 Å². The SMILES string of the molecule is CCCC[C@H](NCc1cccc2ccn(C)c12)C(=O)N[C@H]1CCC[C@H]1C(=O)O. The maximum atomic E-state index is 12.9. The number of carbonyl (C=O) groups is 2. The third kappa shape index (κ3) is 4.55. The Kier molecular flexibility index (Phi) is 6.73. The summed E-state index contributed by atoms with van der Waals surface area (Å²) in [5.74, 6) is -1.35. The van der Waals surface area contributed by atoms with Gasteiger partial charge in [-0.15, -0.1) is 0 Å². The molecule has 28 heavy (non-hydrogen) atoms. The van der Waals surface area contributed by atoms with Crippen molar-refractivity contribution in [3.05, 3.63) is 36.0 Å². The lowest BCUT2D eigenvalue weighted by Gasteiger charge is -2.23. The molecule has 3 rings (SSSR count). The van der Waals surface area contributed by atoms with Crippen LogP contribution in [0.4, 0.5) is 0 Å². The molecule has 0 bridgehead atoms. The number of nitrogens with zero attached hydrogens (tertiary/aromatic N) is 1. The zero-order valence-corrected chi connectivity index (χ0v) is 16.8. The highest BCUT2D eigenvalue weighted by molar-refractivity contribution is 5.84. The average Bonchev–Trinajstić information content (AvgIpc) is 3.29. The summed E-state index contributed by atoms with van der Waals surface area (Å²) in [7, 11) is 2.03. The van der Waals surface area contributed by atoms with Crippen LogP contribution in [0.2, 0.25) is 0 Å². The Labute approximate surface area is 166 Å². The van der Waals surface area contributed by atoms with Crippen LogP contribution in [-0.2, 0) is 23.2 Å². The number of hydrogen-bond donors (Lipinski definition) is 3. The van der Waals surface area contributed by atoms with Crippen LogP contribution in [0.5, 0.6) is 0 Å². The number of aromatic nitrogens is 1. The van der Waals surface area contributed by atoms with E-state index in [9.17, 15) is 14.7 Å². The topological polar surface area (TPSA) is 83.4 Å². The monoisotopic (exact) mass is 385 g/mol. The van der Waals surface area contributed by atoms with Crippen molar-refractivity contribution >= 4 is 22.8 Å². The van der Waals surface area contributed by atoms with Crippen molar-refractivity contribution in [2.45, 2.75) is 64.1 Å². The standard InChI is InChI=1S/C22H31N3O3/c1-3-4-10-19(21(26)24-18-11-6-9-17(18)22(27)28)23-14-16-8-5-7-15-12-13-25(2)20(15)16/h5,7-8,12-13,17-19,23H,3-4,6,9-11,14H2,1-2H3,(H,24,26)(H,27,28)/t17-,18+,19+/m1/s1. The zero-order valence-electron chi connectivity index (χ0n) is 16.8. The van der Waals surface area contributed by atoms with Gasteiger partial charge in [0, 0.05) is 25.8 Å². The molecule has 6 nitrogen and oxygen atoms in total. The molecule has 1 aliphatic rings. The first-order chi connectivity index (χ1) is 13.5. The molecule has 3 atom stereocenters. The molecule has 3 N–H and O–H groups in total. The Morgan fingerprint density at radius 1 is 1.29 bits per heavy atom. The third-order valence-corrected chi connectivity index (χ3v) is 5.84. The van der Waals surface area contributed by atoms with E-state index in [0.717, 1.165) is 37.7 Å². The minimum Gasteiger partial charge on any atom is -0.481 e. The van der Waals surface area contributed by atoms with Crippen molar-refractivity contribution in [1.29, 1.82) is 0 Å². The molecule has 1 heterocycles. The first-order valence-corrected chi connectivity index (χ1v) is 10.3. The Morgan fingerprint density at radius 2 is 2.11 bits per heavy atom. The Hall–Kier alpha value is -2.34. The Balaban J connectivity index is 1.68. The number of carboxylic acid groups (broad SMARTS) is 1. The molecule has 0 saturated heterocycles. The van der Waals surface area contributed by atoms with Crippen LogP contribution in [0.3, 0.4) is 0 Å². The summed E-state index contributed by atoms with van der Waals surface area (Å²) in [5.41, 5.74) is 2.33. The van der Waals surface area contributed by atoms with E-state index in [4.69, 9.17) is 0 Å². The van der Waals surface area contributed by atoms with Gasteiger partial charge in [-0.3, -0.25) is 9.59 Å². The summed E-state index contributed by atoms with van der Waals surface area (Å²) in [5, 5.41) is 17.0. The minimum absolute atomic E-state index is 0.0781. The summed E-state index contributed by atoms with van der Waals surface area (Å²) in [6.45, 7) is 2.71. The number of carboxylic acids is 1.